The van der Waals surface area contributed by atoms with Crippen molar-refractivity contribution in [3.63, 3.8) is 0 Å². The summed E-state index contributed by atoms with van der Waals surface area (Å²) >= 11 is 1.32. The first-order chi connectivity index (χ1) is 11.8. The Morgan fingerprint density at radius 1 is 0.958 bits per heavy atom. The van der Waals surface area contributed by atoms with Crippen LogP contribution >= 0.6 is 11.3 Å². The fourth-order valence-electron chi connectivity index (χ4n) is 2.22. The smallest absolute Gasteiger partial charge is 0.358 e. The van der Waals surface area contributed by atoms with Gasteiger partial charge in [-0.2, -0.15) is 4.98 Å². The van der Waals surface area contributed by atoms with E-state index in [2.05, 4.69) is 10.3 Å². The molecular formula is C18H12N2O3S. The van der Waals surface area contributed by atoms with Crippen LogP contribution in [-0.4, -0.2) is 4.98 Å². The average Bonchev–Trinajstić information content (AvgIpc) is 3.07. The Morgan fingerprint density at radius 2 is 1.71 bits per heavy atom. The molecule has 2 aromatic carbocycles. The van der Waals surface area contributed by atoms with Crippen LogP contribution in [0.5, 0.6) is 11.5 Å². The van der Waals surface area contributed by atoms with Crippen LogP contribution in [0.4, 0.5) is 11.7 Å². The highest BCUT2D eigenvalue weighted by atomic mass is 32.1. The molecule has 1 N–H and O–H groups in total. The number of benzene rings is 2. The van der Waals surface area contributed by atoms with Gasteiger partial charge in [0.1, 0.15) is 16.2 Å². The number of aromatic nitrogens is 1. The van der Waals surface area contributed by atoms with Gasteiger partial charge in [0.25, 0.3) is 0 Å². The van der Waals surface area contributed by atoms with Crippen molar-refractivity contribution in [2.45, 2.75) is 0 Å². The molecule has 118 valence electrons. The largest absolute Gasteiger partial charge is 0.457 e. The lowest BCUT2D eigenvalue weighted by molar-refractivity contribution is 0.482. The first-order valence-corrected chi connectivity index (χ1v) is 8.14. The number of nitrogens with one attached hydrogen (secondary N) is 1. The van der Waals surface area contributed by atoms with Gasteiger partial charge in [-0.3, -0.25) is 0 Å². The van der Waals surface area contributed by atoms with Crippen molar-refractivity contribution in [3.05, 3.63) is 76.5 Å². The second-order valence-electron chi connectivity index (χ2n) is 5.01. The predicted octanol–water partition coefficient (Wildman–Crippen LogP) is 4.79. The summed E-state index contributed by atoms with van der Waals surface area (Å²) in [5.74, 6) is 1.49. The molecule has 0 aliphatic heterocycles. The van der Waals surface area contributed by atoms with Gasteiger partial charge >= 0.3 is 11.6 Å². The Kier molecular flexibility index (Phi) is 3.72. The molecule has 0 atom stereocenters. The summed E-state index contributed by atoms with van der Waals surface area (Å²) in [4.78, 5) is 16.1. The molecule has 0 saturated heterocycles. The number of para-hydroxylation sites is 1. The average molecular weight is 336 g/mol. The number of nitrogens with zero attached hydrogens (tertiary/aromatic N) is 1. The Hall–Kier alpha value is -3.12. The zero-order valence-electron chi connectivity index (χ0n) is 12.4. The summed E-state index contributed by atoms with van der Waals surface area (Å²) in [7, 11) is 0. The highest BCUT2D eigenvalue weighted by Crippen LogP contribution is 2.24. The van der Waals surface area contributed by atoms with Crippen LogP contribution in [0.15, 0.2) is 75.3 Å². The van der Waals surface area contributed by atoms with Gasteiger partial charge in [0.15, 0.2) is 0 Å². The molecule has 0 fully saturated rings. The van der Waals surface area contributed by atoms with Crippen LogP contribution < -0.4 is 15.7 Å². The summed E-state index contributed by atoms with van der Waals surface area (Å²) in [6.07, 6.45) is 0. The Morgan fingerprint density at radius 3 is 2.50 bits per heavy atom. The Bertz CT molecular complexity index is 1020. The number of rotatable bonds is 4. The quantitative estimate of drug-likeness (QED) is 0.581. The molecule has 0 unspecified atom stereocenters. The van der Waals surface area contributed by atoms with Gasteiger partial charge in [-0.05, 0) is 47.8 Å². The lowest BCUT2D eigenvalue weighted by Crippen LogP contribution is -2.03. The van der Waals surface area contributed by atoms with Crippen molar-refractivity contribution < 1.29 is 9.15 Å². The highest BCUT2D eigenvalue weighted by molar-refractivity contribution is 7.17. The lowest BCUT2D eigenvalue weighted by Gasteiger charge is -2.07. The molecule has 0 aliphatic carbocycles. The summed E-state index contributed by atoms with van der Waals surface area (Å²) in [5, 5.41) is 4.80. The Labute approximate surface area is 141 Å². The van der Waals surface area contributed by atoms with Gasteiger partial charge in [-0.25, -0.2) is 4.79 Å². The molecule has 4 aromatic rings. The molecule has 0 bridgehead atoms. The normalized spacial score (nSPS) is 10.7. The molecule has 2 aromatic heterocycles. The molecule has 0 amide bonds. The topological polar surface area (TPSA) is 64.4 Å². The van der Waals surface area contributed by atoms with Crippen molar-refractivity contribution in [2.75, 3.05) is 5.32 Å². The summed E-state index contributed by atoms with van der Waals surface area (Å²) in [5.41, 5.74) is 0.991. The monoisotopic (exact) mass is 336 g/mol. The SMILES string of the molecule is O=c1oc(Nc2ccc(Oc3ccccc3)cc2)nc2ccsc12. The van der Waals surface area contributed by atoms with E-state index in [1.54, 1.807) is 6.07 Å². The zero-order chi connectivity index (χ0) is 16.4. The van der Waals surface area contributed by atoms with Gasteiger partial charge in [0, 0.05) is 5.69 Å². The minimum Gasteiger partial charge on any atom is -0.457 e. The van der Waals surface area contributed by atoms with E-state index >= 15 is 0 Å². The number of ether oxygens (including phenoxy) is 1. The molecule has 0 saturated carbocycles. The van der Waals surface area contributed by atoms with Gasteiger partial charge in [-0.15, -0.1) is 11.3 Å². The van der Waals surface area contributed by atoms with E-state index in [9.17, 15) is 4.79 Å². The molecule has 0 aliphatic rings. The third-order valence-corrected chi connectivity index (χ3v) is 4.21. The molecule has 5 nitrogen and oxygen atoms in total. The standard InChI is InChI=1S/C18H12N2O3S/c21-17-16-15(10-11-24-16)20-18(23-17)19-12-6-8-14(9-7-12)22-13-4-2-1-3-5-13/h1-11H,(H,19,20). The van der Waals surface area contributed by atoms with E-state index in [1.807, 2.05) is 60.0 Å². The first kappa shape index (κ1) is 14.5. The molecule has 6 heteroatoms. The highest BCUT2D eigenvalue weighted by Gasteiger charge is 2.07. The summed E-state index contributed by atoms with van der Waals surface area (Å²) < 4.78 is 11.4. The number of hydrogen-bond donors (Lipinski definition) is 1. The number of anilines is 2. The molecule has 0 spiro atoms. The number of fused-ring (bicyclic) bond motifs is 1. The third-order valence-electron chi connectivity index (χ3n) is 3.33. The van der Waals surface area contributed by atoms with E-state index in [0.717, 1.165) is 17.2 Å². The third kappa shape index (κ3) is 3.00. The van der Waals surface area contributed by atoms with E-state index < -0.39 is 0 Å². The van der Waals surface area contributed by atoms with Crippen molar-refractivity contribution in [1.82, 2.24) is 4.98 Å². The van der Waals surface area contributed by atoms with Crippen molar-refractivity contribution >= 4 is 33.3 Å². The Balaban J connectivity index is 1.53. The van der Waals surface area contributed by atoms with Crippen LogP contribution in [0.3, 0.4) is 0 Å². The molecule has 2 heterocycles. The van der Waals surface area contributed by atoms with E-state index in [0.29, 0.717) is 10.2 Å². The number of thiophene rings is 1. The van der Waals surface area contributed by atoms with E-state index in [1.165, 1.54) is 11.3 Å². The predicted molar refractivity (Wildman–Crippen MR) is 94.4 cm³/mol. The maximum Gasteiger partial charge on any atom is 0.358 e. The van der Waals surface area contributed by atoms with Crippen LogP contribution in [-0.2, 0) is 0 Å². The minimum atomic E-state index is -0.387. The first-order valence-electron chi connectivity index (χ1n) is 7.26. The summed E-state index contributed by atoms with van der Waals surface area (Å²) in [6.45, 7) is 0. The van der Waals surface area contributed by atoms with Gasteiger partial charge in [0.2, 0.25) is 0 Å². The second-order valence-corrected chi connectivity index (χ2v) is 5.92. The fourth-order valence-corrected chi connectivity index (χ4v) is 2.92. The van der Waals surface area contributed by atoms with Crippen LogP contribution in [0.2, 0.25) is 0 Å². The molecule has 24 heavy (non-hydrogen) atoms. The summed E-state index contributed by atoms with van der Waals surface area (Å²) in [6, 6.07) is 18.8. The zero-order valence-corrected chi connectivity index (χ0v) is 13.2. The van der Waals surface area contributed by atoms with Crippen molar-refractivity contribution in [3.8, 4) is 11.5 Å². The van der Waals surface area contributed by atoms with Gasteiger partial charge in [0.05, 0.1) is 5.52 Å². The number of hydrogen-bond acceptors (Lipinski definition) is 6. The molecular weight excluding hydrogens is 324 g/mol. The maximum absolute atomic E-state index is 11.9. The fraction of sp³-hybridized carbons (Fsp3) is 0. The minimum absolute atomic E-state index is 0.169. The van der Waals surface area contributed by atoms with E-state index in [4.69, 9.17) is 9.15 Å². The van der Waals surface area contributed by atoms with Crippen molar-refractivity contribution in [1.29, 1.82) is 0 Å². The molecule has 0 radical (unpaired) electrons. The molecule has 4 rings (SSSR count). The second kappa shape index (κ2) is 6.17. The van der Waals surface area contributed by atoms with Gasteiger partial charge in [-0.1, -0.05) is 18.2 Å². The maximum atomic E-state index is 11.9. The van der Waals surface area contributed by atoms with Crippen LogP contribution in [0.25, 0.3) is 10.2 Å². The van der Waals surface area contributed by atoms with E-state index in [-0.39, 0.29) is 11.6 Å². The lowest BCUT2D eigenvalue weighted by atomic mass is 10.3. The van der Waals surface area contributed by atoms with Crippen molar-refractivity contribution in [2.24, 2.45) is 0 Å². The van der Waals surface area contributed by atoms with Crippen LogP contribution in [0.1, 0.15) is 0 Å². The van der Waals surface area contributed by atoms with Gasteiger partial charge < -0.3 is 14.5 Å². The van der Waals surface area contributed by atoms with Crippen LogP contribution in [0, 0.1) is 0 Å².